The maximum atomic E-state index is 13.0. The highest BCUT2D eigenvalue weighted by molar-refractivity contribution is 8.01. The highest BCUT2D eigenvalue weighted by atomic mass is 32.2. The number of amides is 2. The lowest BCUT2D eigenvalue weighted by Crippen LogP contribution is -2.38. The predicted molar refractivity (Wildman–Crippen MR) is 117 cm³/mol. The van der Waals surface area contributed by atoms with Gasteiger partial charge in [0.15, 0.2) is 5.13 Å². The van der Waals surface area contributed by atoms with Crippen LogP contribution in [0.15, 0.2) is 39.6 Å². The van der Waals surface area contributed by atoms with E-state index < -0.39 is 5.97 Å². The van der Waals surface area contributed by atoms with Crippen molar-refractivity contribution in [1.82, 2.24) is 4.98 Å². The zero-order valence-corrected chi connectivity index (χ0v) is 18.0. The van der Waals surface area contributed by atoms with Gasteiger partial charge >= 0.3 is 12.0 Å². The van der Waals surface area contributed by atoms with Gasteiger partial charge in [-0.25, -0.2) is 9.78 Å². The minimum absolute atomic E-state index is 0.0226. The van der Waals surface area contributed by atoms with E-state index in [2.05, 4.69) is 10.3 Å². The van der Waals surface area contributed by atoms with E-state index in [4.69, 9.17) is 5.11 Å². The average Bonchev–Trinajstić information content (AvgIpc) is 3.36. The van der Waals surface area contributed by atoms with Crippen molar-refractivity contribution in [3.8, 4) is 0 Å². The molecular formula is C19H23N3O3S3. The number of aliphatic carboxylic acids is 1. The van der Waals surface area contributed by atoms with Crippen LogP contribution in [0, 0.1) is 5.92 Å². The van der Waals surface area contributed by atoms with E-state index in [-0.39, 0.29) is 11.8 Å². The van der Waals surface area contributed by atoms with Gasteiger partial charge in [-0.3, -0.25) is 15.0 Å². The number of nitrogens with one attached hydrogen (secondary N) is 1. The molecular weight excluding hydrogens is 414 g/mol. The molecule has 3 rings (SSSR count). The summed E-state index contributed by atoms with van der Waals surface area (Å²) in [5, 5.41) is 12.1. The van der Waals surface area contributed by atoms with Crippen molar-refractivity contribution in [2.75, 3.05) is 28.8 Å². The minimum Gasteiger partial charge on any atom is -0.481 e. The van der Waals surface area contributed by atoms with Gasteiger partial charge in [0.25, 0.3) is 0 Å². The fourth-order valence-corrected chi connectivity index (χ4v) is 5.18. The number of benzene rings is 1. The minimum atomic E-state index is -0.875. The number of carbonyl (C=O) groups is 2. The Hall–Kier alpha value is -1.71. The lowest BCUT2D eigenvalue weighted by atomic mass is 10.1. The summed E-state index contributed by atoms with van der Waals surface area (Å²) in [6.07, 6.45) is 8.38. The number of thioether (sulfide) groups is 2. The number of nitrogens with zero attached hydrogens (tertiary/aromatic N) is 2. The Morgan fingerprint density at radius 2 is 2.00 bits per heavy atom. The maximum absolute atomic E-state index is 13.0. The first-order valence-electron chi connectivity index (χ1n) is 9.08. The molecule has 2 aromatic rings. The molecule has 1 heterocycles. The second-order valence-corrected chi connectivity index (χ2v) is 9.74. The van der Waals surface area contributed by atoms with Crippen LogP contribution in [-0.2, 0) is 4.79 Å². The number of hydrogen-bond acceptors (Lipinski definition) is 6. The smallest absolute Gasteiger partial charge is 0.328 e. The number of aromatic nitrogens is 1. The van der Waals surface area contributed by atoms with Gasteiger partial charge in [-0.05, 0) is 49.3 Å². The first-order chi connectivity index (χ1) is 13.5. The Morgan fingerprint density at radius 1 is 1.29 bits per heavy atom. The lowest BCUT2D eigenvalue weighted by Gasteiger charge is -2.26. The molecule has 1 aliphatic rings. The van der Waals surface area contributed by atoms with Gasteiger partial charge in [0.1, 0.15) is 0 Å². The Kier molecular flexibility index (Phi) is 7.64. The van der Waals surface area contributed by atoms with Crippen LogP contribution in [0.3, 0.4) is 0 Å². The second kappa shape index (κ2) is 10.2. The van der Waals surface area contributed by atoms with E-state index >= 15 is 0 Å². The number of carbonyl (C=O) groups excluding carboxylic acids is 1. The van der Waals surface area contributed by atoms with E-state index in [1.165, 1.54) is 35.9 Å². The summed E-state index contributed by atoms with van der Waals surface area (Å²) in [6.45, 7) is 0.691. The van der Waals surface area contributed by atoms with Gasteiger partial charge in [0, 0.05) is 17.1 Å². The summed E-state index contributed by atoms with van der Waals surface area (Å²) in [5.41, 5.74) is 0.874. The van der Waals surface area contributed by atoms with Gasteiger partial charge in [0.2, 0.25) is 0 Å². The maximum Gasteiger partial charge on any atom is 0.328 e. The molecule has 0 unspecified atom stereocenters. The van der Waals surface area contributed by atoms with Crippen LogP contribution >= 0.6 is 34.9 Å². The molecule has 0 spiro atoms. The van der Waals surface area contributed by atoms with Gasteiger partial charge in [-0.1, -0.05) is 24.2 Å². The molecule has 1 aromatic heterocycles. The number of carboxylic acids is 1. The quantitative estimate of drug-likeness (QED) is 0.548. The second-order valence-electron chi connectivity index (χ2n) is 6.56. The van der Waals surface area contributed by atoms with Crippen LogP contribution in [0.1, 0.15) is 25.7 Å². The van der Waals surface area contributed by atoms with Crippen LogP contribution in [0.5, 0.6) is 0 Å². The number of anilines is 2. The summed E-state index contributed by atoms with van der Waals surface area (Å²) in [4.78, 5) is 30.9. The molecule has 1 aromatic carbocycles. The van der Waals surface area contributed by atoms with Crippen molar-refractivity contribution in [2.45, 2.75) is 34.8 Å². The third kappa shape index (κ3) is 5.89. The summed E-state index contributed by atoms with van der Waals surface area (Å²) in [6, 6.07) is 7.82. The normalized spacial score (nSPS) is 14.2. The SMILES string of the molecule is CSc1ccc(N(CC2CCCC2)C(=O)Nc2ncc(SCC(=O)O)s2)cc1. The Balaban J connectivity index is 1.71. The molecule has 1 aliphatic carbocycles. The third-order valence-electron chi connectivity index (χ3n) is 4.58. The fraction of sp³-hybridized carbons (Fsp3) is 0.421. The Bertz CT molecular complexity index is 804. The molecule has 0 bridgehead atoms. The molecule has 2 N–H and O–H groups in total. The van der Waals surface area contributed by atoms with Gasteiger partial charge in [-0.15, -0.1) is 23.5 Å². The molecule has 0 saturated heterocycles. The van der Waals surface area contributed by atoms with E-state index in [9.17, 15) is 9.59 Å². The van der Waals surface area contributed by atoms with Crippen LogP contribution in [-0.4, -0.2) is 40.6 Å². The van der Waals surface area contributed by atoms with Crippen molar-refractivity contribution in [3.05, 3.63) is 30.5 Å². The van der Waals surface area contributed by atoms with E-state index in [1.54, 1.807) is 22.9 Å². The molecule has 0 radical (unpaired) electrons. The number of thiazole rings is 1. The standard InChI is InChI=1S/C19H23N3O3S3/c1-26-15-8-6-14(7-9-15)22(11-13-4-2-3-5-13)19(25)21-18-20-10-17(28-18)27-12-16(23)24/h6-10,13H,2-5,11-12H2,1H3,(H,23,24)(H,20,21,25). The van der Waals surface area contributed by atoms with Crippen molar-refractivity contribution >= 4 is 57.7 Å². The van der Waals surface area contributed by atoms with E-state index in [1.807, 2.05) is 30.5 Å². The van der Waals surface area contributed by atoms with Crippen LogP contribution < -0.4 is 10.2 Å². The van der Waals surface area contributed by atoms with Crippen molar-refractivity contribution < 1.29 is 14.7 Å². The summed E-state index contributed by atoms with van der Waals surface area (Å²) in [5.74, 6) is -0.380. The molecule has 1 fully saturated rings. The van der Waals surface area contributed by atoms with E-state index in [0.717, 1.165) is 27.6 Å². The summed E-state index contributed by atoms with van der Waals surface area (Å²) >= 11 is 4.16. The first kappa shape index (κ1) is 21.0. The number of rotatable bonds is 8. The van der Waals surface area contributed by atoms with E-state index in [0.29, 0.717) is 17.6 Å². The molecule has 1 saturated carbocycles. The molecule has 2 amide bonds. The Labute approximate surface area is 177 Å². The zero-order valence-electron chi connectivity index (χ0n) is 15.6. The van der Waals surface area contributed by atoms with Crippen LogP contribution in [0.4, 0.5) is 15.6 Å². The molecule has 0 atom stereocenters. The number of urea groups is 1. The molecule has 6 nitrogen and oxygen atoms in total. The highest BCUT2D eigenvalue weighted by Gasteiger charge is 2.24. The number of hydrogen-bond donors (Lipinski definition) is 2. The van der Waals surface area contributed by atoms with Gasteiger partial charge in [-0.2, -0.15) is 0 Å². The number of carboxylic acid groups (broad SMARTS) is 1. The molecule has 0 aliphatic heterocycles. The van der Waals surface area contributed by atoms with Gasteiger partial charge < -0.3 is 5.11 Å². The Morgan fingerprint density at radius 3 is 2.64 bits per heavy atom. The van der Waals surface area contributed by atoms with Crippen LogP contribution in [0.25, 0.3) is 0 Å². The van der Waals surface area contributed by atoms with Crippen molar-refractivity contribution in [1.29, 1.82) is 0 Å². The molecule has 150 valence electrons. The monoisotopic (exact) mass is 437 g/mol. The van der Waals surface area contributed by atoms with Crippen molar-refractivity contribution in [2.24, 2.45) is 5.92 Å². The predicted octanol–water partition coefficient (Wildman–Crippen LogP) is 5.27. The largest absolute Gasteiger partial charge is 0.481 e. The summed E-state index contributed by atoms with van der Waals surface area (Å²) in [7, 11) is 0. The average molecular weight is 438 g/mol. The first-order valence-corrected chi connectivity index (χ1v) is 12.1. The summed E-state index contributed by atoms with van der Waals surface area (Å²) < 4.78 is 0.768. The third-order valence-corrected chi connectivity index (χ3v) is 7.42. The van der Waals surface area contributed by atoms with Crippen molar-refractivity contribution in [3.63, 3.8) is 0 Å². The van der Waals surface area contributed by atoms with Gasteiger partial charge in [0.05, 0.1) is 16.2 Å². The highest BCUT2D eigenvalue weighted by Crippen LogP contribution is 2.31. The topological polar surface area (TPSA) is 82.5 Å². The fourth-order valence-electron chi connectivity index (χ4n) is 3.19. The molecule has 28 heavy (non-hydrogen) atoms. The zero-order chi connectivity index (χ0) is 19.9. The molecule has 9 heteroatoms. The lowest BCUT2D eigenvalue weighted by molar-refractivity contribution is -0.133. The van der Waals surface area contributed by atoms with Crippen LogP contribution in [0.2, 0.25) is 0 Å².